The molecule has 0 radical (unpaired) electrons. The number of carbonyl (C=O) groups is 3. The molecule has 8 nitrogen and oxygen atoms in total. The Bertz CT molecular complexity index is 837. The summed E-state index contributed by atoms with van der Waals surface area (Å²) in [4.78, 5) is 41.9. The van der Waals surface area contributed by atoms with Crippen molar-refractivity contribution in [2.24, 2.45) is 5.73 Å². The number of nitrogens with one attached hydrogen (secondary N) is 3. The van der Waals surface area contributed by atoms with E-state index in [0.717, 1.165) is 32.1 Å². The highest BCUT2D eigenvalue weighted by molar-refractivity contribution is 6.14. The Labute approximate surface area is 164 Å². The van der Waals surface area contributed by atoms with Crippen molar-refractivity contribution >= 4 is 23.4 Å². The molecule has 0 spiro atoms. The largest absolute Gasteiger partial charge is 0.358 e. The number of benzene rings is 1. The van der Waals surface area contributed by atoms with Crippen LogP contribution in [0.25, 0.3) is 0 Å². The number of amides is 3. The number of likely N-dealkylation sites (N-methyl/N-ethyl adjacent to an activating group) is 2. The highest BCUT2D eigenvalue weighted by Crippen LogP contribution is 2.55. The summed E-state index contributed by atoms with van der Waals surface area (Å²) in [6.45, 7) is 0. The third-order valence-corrected chi connectivity index (χ3v) is 6.61. The highest BCUT2D eigenvalue weighted by atomic mass is 16.2. The van der Waals surface area contributed by atoms with Crippen molar-refractivity contribution in [3.8, 4) is 0 Å². The van der Waals surface area contributed by atoms with Gasteiger partial charge in [-0.2, -0.15) is 0 Å². The van der Waals surface area contributed by atoms with Crippen molar-refractivity contribution in [1.82, 2.24) is 15.5 Å². The Morgan fingerprint density at radius 3 is 2.46 bits per heavy atom. The predicted octanol–water partition coefficient (Wildman–Crippen LogP) is 0.0404. The molecule has 28 heavy (non-hydrogen) atoms. The first-order valence-electron chi connectivity index (χ1n) is 9.86. The maximum absolute atomic E-state index is 13.7. The van der Waals surface area contributed by atoms with E-state index in [0.29, 0.717) is 11.3 Å². The Balaban J connectivity index is 1.98. The molecule has 2 aliphatic heterocycles. The maximum Gasteiger partial charge on any atom is 0.265 e. The Morgan fingerprint density at radius 1 is 1.14 bits per heavy atom. The molecule has 3 aliphatic rings. The topological polar surface area (TPSA) is 117 Å². The van der Waals surface area contributed by atoms with E-state index in [1.165, 1.54) is 14.1 Å². The molecular formula is C20H27N5O3. The third-order valence-electron chi connectivity index (χ3n) is 6.61. The summed E-state index contributed by atoms with van der Waals surface area (Å²) in [7, 11) is 3.03. The number of rotatable bonds is 3. The SMILES string of the molecule is CNC(=O)C1N(C2CCCCC2)C(=O)C2(N)Nc3ccccc3C12C(=O)NC. The number of hydrogen-bond acceptors (Lipinski definition) is 5. The van der Waals surface area contributed by atoms with Gasteiger partial charge in [0.2, 0.25) is 11.8 Å². The summed E-state index contributed by atoms with van der Waals surface area (Å²) in [5.74, 6) is -1.21. The van der Waals surface area contributed by atoms with Crippen LogP contribution in [0.3, 0.4) is 0 Å². The lowest BCUT2D eigenvalue weighted by Crippen LogP contribution is -2.69. The number of anilines is 1. The normalized spacial score (nSPS) is 31.8. The van der Waals surface area contributed by atoms with Crippen LogP contribution in [0.5, 0.6) is 0 Å². The zero-order valence-electron chi connectivity index (χ0n) is 16.2. The Hall–Kier alpha value is -2.61. The lowest BCUT2D eigenvalue weighted by Gasteiger charge is -2.39. The van der Waals surface area contributed by atoms with Crippen LogP contribution in [0.1, 0.15) is 37.7 Å². The fraction of sp³-hybridized carbons (Fsp3) is 0.550. The predicted molar refractivity (Wildman–Crippen MR) is 104 cm³/mol. The van der Waals surface area contributed by atoms with Crippen molar-refractivity contribution in [3.63, 3.8) is 0 Å². The molecule has 4 rings (SSSR count). The van der Waals surface area contributed by atoms with E-state index in [-0.39, 0.29) is 11.9 Å². The van der Waals surface area contributed by atoms with Gasteiger partial charge in [-0.05, 0) is 24.5 Å². The molecule has 3 amide bonds. The van der Waals surface area contributed by atoms with Crippen LogP contribution >= 0.6 is 0 Å². The van der Waals surface area contributed by atoms with E-state index in [1.54, 1.807) is 23.1 Å². The fourth-order valence-corrected chi connectivity index (χ4v) is 5.39. The highest BCUT2D eigenvalue weighted by Gasteiger charge is 2.77. The van der Waals surface area contributed by atoms with Gasteiger partial charge >= 0.3 is 0 Å². The first-order valence-corrected chi connectivity index (χ1v) is 9.86. The van der Waals surface area contributed by atoms with Gasteiger partial charge < -0.3 is 20.9 Å². The minimum atomic E-state index is -1.72. The number of nitrogens with two attached hydrogens (primary N) is 1. The lowest BCUT2D eigenvalue weighted by atomic mass is 9.68. The Morgan fingerprint density at radius 2 is 1.82 bits per heavy atom. The number of likely N-dealkylation sites (tertiary alicyclic amines) is 1. The zero-order valence-corrected chi connectivity index (χ0v) is 16.2. The van der Waals surface area contributed by atoms with E-state index < -0.39 is 28.9 Å². The summed E-state index contributed by atoms with van der Waals surface area (Å²) in [6, 6.07) is 6.04. The second-order valence-corrected chi connectivity index (χ2v) is 7.89. The quantitative estimate of drug-likeness (QED) is 0.586. The minimum Gasteiger partial charge on any atom is -0.358 e. The molecule has 2 heterocycles. The van der Waals surface area contributed by atoms with Gasteiger partial charge in [-0.15, -0.1) is 0 Å². The summed E-state index contributed by atoms with van der Waals surface area (Å²) in [6.07, 6.45) is 4.70. The van der Waals surface area contributed by atoms with Crippen molar-refractivity contribution in [1.29, 1.82) is 0 Å². The number of carbonyl (C=O) groups excluding carboxylic acids is 3. The maximum atomic E-state index is 13.7. The van der Waals surface area contributed by atoms with Crippen LogP contribution in [0.15, 0.2) is 24.3 Å². The van der Waals surface area contributed by atoms with Crippen LogP contribution in [-0.2, 0) is 19.8 Å². The number of fused-ring (bicyclic) bond motifs is 3. The molecule has 1 aliphatic carbocycles. The molecule has 2 fully saturated rings. The molecule has 3 atom stereocenters. The van der Waals surface area contributed by atoms with E-state index >= 15 is 0 Å². The van der Waals surface area contributed by atoms with Gasteiger partial charge in [0.05, 0.1) is 0 Å². The molecule has 3 unspecified atom stereocenters. The molecule has 8 heteroatoms. The van der Waals surface area contributed by atoms with Crippen LogP contribution in [-0.4, -0.2) is 54.5 Å². The van der Waals surface area contributed by atoms with Gasteiger partial charge in [-0.3, -0.25) is 20.1 Å². The van der Waals surface area contributed by atoms with E-state index in [9.17, 15) is 14.4 Å². The second kappa shape index (κ2) is 6.48. The average molecular weight is 385 g/mol. The second-order valence-electron chi connectivity index (χ2n) is 7.89. The monoisotopic (exact) mass is 385 g/mol. The molecule has 1 aromatic carbocycles. The van der Waals surface area contributed by atoms with Crippen LogP contribution in [0.2, 0.25) is 0 Å². The van der Waals surface area contributed by atoms with Gasteiger partial charge in [0, 0.05) is 25.8 Å². The zero-order chi connectivity index (χ0) is 20.1. The van der Waals surface area contributed by atoms with Gasteiger partial charge in [0.1, 0.15) is 6.04 Å². The van der Waals surface area contributed by atoms with Gasteiger partial charge in [0.15, 0.2) is 11.1 Å². The molecule has 1 saturated carbocycles. The van der Waals surface area contributed by atoms with Gasteiger partial charge in [0.25, 0.3) is 5.91 Å². The smallest absolute Gasteiger partial charge is 0.265 e. The van der Waals surface area contributed by atoms with E-state index in [1.807, 2.05) is 6.07 Å². The molecule has 0 aromatic heterocycles. The van der Waals surface area contributed by atoms with Crippen molar-refractivity contribution in [2.45, 2.75) is 55.3 Å². The third kappa shape index (κ3) is 2.12. The van der Waals surface area contributed by atoms with E-state index in [4.69, 9.17) is 5.73 Å². The summed E-state index contributed by atoms with van der Waals surface area (Å²) in [5, 5.41) is 8.44. The average Bonchev–Trinajstić information content (AvgIpc) is 3.11. The first-order chi connectivity index (χ1) is 13.4. The number of para-hydroxylation sites is 1. The first kappa shape index (κ1) is 18.7. The summed E-state index contributed by atoms with van der Waals surface area (Å²) >= 11 is 0. The summed E-state index contributed by atoms with van der Waals surface area (Å²) in [5.41, 5.74) is 4.63. The van der Waals surface area contributed by atoms with Crippen LogP contribution in [0.4, 0.5) is 5.69 Å². The van der Waals surface area contributed by atoms with Gasteiger partial charge in [-0.25, -0.2) is 0 Å². The summed E-state index contributed by atoms with van der Waals surface area (Å²) < 4.78 is 0. The van der Waals surface area contributed by atoms with Gasteiger partial charge in [-0.1, -0.05) is 37.5 Å². The molecule has 1 saturated heterocycles. The Kier molecular flexibility index (Phi) is 4.33. The number of hydrogen-bond donors (Lipinski definition) is 4. The fourth-order valence-electron chi connectivity index (χ4n) is 5.39. The minimum absolute atomic E-state index is 0.106. The molecule has 1 aromatic rings. The van der Waals surface area contributed by atoms with E-state index in [2.05, 4.69) is 16.0 Å². The molecule has 150 valence electrons. The molecular weight excluding hydrogens is 358 g/mol. The van der Waals surface area contributed by atoms with Crippen LogP contribution in [0, 0.1) is 0 Å². The van der Waals surface area contributed by atoms with Crippen molar-refractivity contribution in [2.75, 3.05) is 19.4 Å². The van der Waals surface area contributed by atoms with Crippen molar-refractivity contribution < 1.29 is 14.4 Å². The van der Waals surface area contributed by atoms with Crippen LogP contribution < -0.4 is 21.7 Å². The lowest BCUT2D eigenvalue weighted by molar-refractivity contribution is -0.140. The number of nitrogens with zero attached hydrogens (tertiary/aromatic N) is 1. The molecule has 0 bridgehead atoms. The standard InChI is InChI=1S/C20H27N5O3/c1-22-16(26)15-19(17(27)23-2)13-10-6-7-11-14(13)24-20(19,21)18(28)25(15)12-8-4-3-5-9-12/h6-7,10-12,15,24H,3-5,8-9,21H2,1-2H3,(H,22,26)(H,23,27). The van der Waals surface area contributed by atoms with Crippen molar-refractivity contribution in [3.05, 3.63) is 29.8 Å². The molecule has 5 N–H and O–H groups in total.